The lowest BCUT2D eigenvalue weighted by atomic mass is 10.1. The molecule has 5 rings (SSSR count). The first-order valence-corrected chi connectivity index (χ1v) is 13.4. The van der Waals surface area contributed by atoms with E-state index >= 15 is 0 Å². The summed E-state index contributed by atoms with van der Waals surface area (Å²) >= 11 is 0. The molecule has 2 N–H and O–H groups in total. The number of nitrogens with zero attached hydrogens (tertiary/aromatic N) is 7. The number of anilines is 4. The van der Waals surface area contributed by atoms with Gasteiger partial charge in [-0.05, 0) is 51.8 Å². The van der Waals surface area contributed by atoms with Crippen LogP contribution in [0.3, 0.4) is 0 Å². The Morgan fingerprint density at radius 1 is 0.949 bits per heavy atom. The van der Waals surface area contributed by atoms with E-state index in [9.17, 15) is 9.90 Å². The minimum absolute atomic E-state index is 0.252. The highest BCUT2D eigenvalue weighted by Crippen LogP contribution is 2.30. The zero-order valence-corrected chi connectivity index (χ0v) is 22.7. The van der Waals surface area contributed by atoms with Crippen LogP contribution in [0.15, 0.2) is 49.1 Å². The summed E-state index contributed by atoms with van der Waals surface area (Å²) in [5.74, 6) is 2.12. The van der Waals surface area contributed by atoms with Crippen molar-refractivity contribution >= 4 is 29.2 Å². The van der Waals surface area contributed by atoms with E-state index in [1.165, 1.54) is 0 Å². The van der Waals surface area contributed by atoms with Gasteiger partial charge in [-0.15, -0.1) is 0 Å². The van der Waals surface area contributed by atoms with Gasteiger partial charge in [0, 0.05) is 75.2 Å². The van der Waals surface area contributed by atoms with E-state index in [2.05, 4.69) is 36.1 Å². The van der Waals surface area contributed by atoms with Gasteiger partial charge in [0.15, 0.2) is 0 Å². The fourth-order valence-corrected chi connectivity index (χ4v) is 4.72. The molecule has 0 radical (unpaired) electrons. The monoisotopic (exact) mass is 532 g/mol. The summed E-state index contributed by atoms with van der Waals surface area (Å²) < 4.78 is 5.53. The molecule has 0 aromatic carbocycles. The van der Waals surface area contributed by atoms with Crippen LogP contribution in [0.2, 0.25) is 0 Å². The van der Waals surface area contributed by atoms with E-state index < -0.39 is 5.60 Å². The summed E-state index contributed by atoms with van der Waals surface area (Å²) in [5.41, 5.74) is 2.26. The van der Waals surface area contributed by atoms with Crippen LogP contribution in [0.4, 0.5) is 27.9 Å². The smallest absolute Gasteiger partial charge is 0.410 e. The first-order valence-electron chi connectivity index (χ1n) is 13.4. The molecule has 0 unspecified atom stereocenters. The number of pyridine rings is 2. The van der Waals surface area contributed by atoms with Crippen molar-refractivity contribution in [2.24, 2.45) is 0 Å². The van der Waals surface area contributed by atoms with Crippen molar-refractivity contribution in [1.29, 1.82) is 0 Å². The third-order valence-corrected chi connectivity index (χ3v) is 6.76. The standard InChI is InChI=1S/C28H36N8O3/c1-28(2,3)39-27(38)36-14-12-35(13-15-36)26-16-20(4-7-31-26)23-17-21(34-10-5-22(37)6-11-34)18-24(32-23)33-25-19-29-8-9-30-25/h4,7-9,16-19,22,37H,5-6,10-15H2,1-3H3,(H,30,32,33). The molecular formula is C28H36N8O3. The number of carbonyl (C=O) groups is 1. The van der Waals surface area contributed by atoms with Crippen molar-refractivity contribution in [3.8, 4) is 11.3 Å². The number of piperidine rings is 1. The van der Waals surface area contributed by atoms with Gasteiger partial charge in [-0.2, -0.15) is 0 Å². The van der Waals surface area contributed by atoms with Gasteiger partial charge in [0.25, 0.3) is 0 Å². The molecule has 0 atom stereocenters. The maximum Gasteiger partial charge on any atom is 0.410 e. The number of aromatic nitrogens is 4. The zero-order valence-electron chi connectivity index (χ0n) is 22.7. The lowest BCUT2D eigenvalue weighted by molar-refractivity contribution is 0.0240. The van der Waals surface area contributed by atoms with Gasteiger partial charge >= 0.3 is 6.09 Å². The topological polar surface area (TPSA) is 120 Å². The van der Waals surface area contributed by atoms with Gasteiger partial charge in [0.05, 0.1) is 18.0 Å². The molecule has 11 heteroatoms. The molecule has 39 heavy (non-hydrogen) atoms. The molecule has 2 fully saturated rings. The average molecular weight is 533 g/mol. The minimum atomic E-state index is -0.513. The molecule has 5 heterocycles. The van der Waals surface area contributed by atoms with E-state index in [1.54, 1.807) is 29.7 Å². The quantitative estimate of drug-likeness (QED) is 0.503. The summed E-state index contributed by atoms with van der Waals surface area (Å²) in [4.78, 5) is 36.7. The molecule has 3 aromatic rings. The van der Waals surface area contributed by atoms with Crippen LogP contribution >= 0.6 is 0 Å². The lowest BCUT2D eigenvalue weighted by Gasteiger charge is -2.36. The van der Waals surface area contributed by atoms with E-state index in [0.717, 1.165) is 48.7 Å². The van der Waals surface area contributed by atoms with E-state index in [0.29, 0.717) is 37.8 Å². The van der Waals surface area contributed by atoms with E-state index in [1.807, 2.05) is 39.0 Å². The van der Waals surface area contributed by atoms with Crippen molar-refractivity contribution in [3.05, 3.63) is 49.1 Å². The number of hydrogen-bond donors (Lipinski definition) is 2. The summed E-state index contributed by atoms with van der Waals surface area (Å²) in [6.45, 7) is 9.66. The Bertz CT molecular complexity index is 1270. The maximum atomic E-state index is 12.5. The summed E-state index contributed by atoms with van der Waals surface area (Å²) in [7, 11) is 0. The third kappa shape index (κ3) is 6.91. The molecule has 1 amide bonds. The number of piperazine rings is 1. The van der Waals surface area contributed by atoms with Gasteiger partial charge < -0.3 is 29.9 Å². The van der Waals surface area contributed by atoms with Gasteiger partial charge in [0.1, 0.15) is 23.1 Å². The van der Waals surface area contributed by atoms with Gasteiger partial charge in [-0.3, -0.25) is 4.98 Å². The number of nitrogens with one attached hydrogen (secondary N) is 1. The van der Waals surface area contributed by atoms with Gasteiger partial charge in [-0.25, -0.2) is 19.7 Å². The van der Waals surface area contributed by atoms with Crippen molar-refractivity contribution in [2.45, 2.75) is 45.3 Å². The maximum absolute atomic E-state index is 12.5. The molecule has 0 saturated carbocycles. The second kappa shape index (κ2) is 11.4. The van der Waals surface area contributed by atoms with Crippen LogP contribution < -0.4 is 15.1 Å². The molecule has 206 valence electrons. The molecular weight excluding hydrogens is 496 g/mol. The minimum Gasteiger partial charge on any atom is -0.444 e. The molecule has 0 bridgehead atoms. The predicted octanol–water partition coefficient (Wildman–Crippen LogP) is 3.70. The normalized spacial score (nSPS) is 16.8. The number of carbonyl (C=O) groups excluding carboxylic acids is 1. The number of hydrogen-bond acceptors (Lipinski definition) is 10. The zero-order chi connectivity index (χ0) is 27.4. The van der Waals surface area contributed by atoms with Gasteiger partial charge in [0.2, 0.25) is 0 Å². The Balaban J connectivity index is 1.37. The van der Waals surface area contributed by atoms with Gasteiger partial charge in [-0.1, -0.05) is 0 Å². The van der Waals surface area contributed by atoms with Crippen molar-refractivity contribution in [1.82, 2.24) is 24.8 Å². The first-order chi connectivity index (χ1) is 18.7. The Morgan fingerprint density at radius 2 is 1.72 bits per heavy atom. The van der Waals surface area contributed by atoms with Crippen molar-refractivity contribution < 1.29 is 14.6 Å². The highest BCUT2D eigenvalue weighted by atomic mass is 16.6. The molecule has 11 nitrogen and oxygen atoms in total. The predicted molar refractivity (Wildman–Crippen MR) is 150 cm³/mol. The molecule has 2 aliphatic heterocycles. The summed E-state index contributed by atoms with van der Waals surface area (Å²) in [5, 5.41) is 13.3. The Hall–Kier alpha value is -3.99. The number of amides is 1. The Kier molecular flexibility index (Phi) is 7.78. The number of rotatable bonds is 5. The molecule has 0 spiro atoms. The summed E-state index contributed by atoms with van der Waals surface area (Å²) in [6.07, 6.45) is 7.66. The third-order valence-electron chi connectivity index (χ3n) is 6.76. The van der Waals surface area contributed by atoms with E-state index in [-0.39, 0.29) is 12.2 Å². The Labute approximate surface area is 228 Å². The highest BCUT2D eigenvalue weighted by molar-refractivity contribution is 5.72. The number of ether oxygens (including phenoxy) is 1. The van der Waals surface area contributed by atoms with E-state index in [4.69, 9.17) is 9.72 Å². The van der Waals surface area contributed by atoms with Crippen LogP contribution in [-0.4, -0.2) is 87.0 Å². The largest absolute Gasteiger partial charge is 0.444 e. The fourth-order valence-electron chi connectivity index (χ4n) is 4.72. The molecule has 0 aliphatic carbocycles. The Morgan fingerprint density at radius 3 is 2.41 bits per heavy atom. The number of aliphatic hydroxyl groups is 1. The van der Waals surface area contributed by atoms with Crippen LogP contribution in [0, 0.1) is 0 Å². The SMILES string of the molecule is CC(C)(C)OC(=O)N1CCN(c2cc(-c3cc(N4CCC(O)CC4)cc(Nc4cnccn4)n3)ccn2)CC1. The molecule has 3 aromatic heterocycles. The lowest BCUT2D eigenvalue weighted by Crippen LogP contribution is -2.50. The van der Waals surface area contributed by atoms with Crippen LogP contribution in [0.1, 0.15) is 33.6 Å². The highest BCUT2D eigenvalue weighted by Gasteiger charge is 2.26. The molecule has 2 saturated heterocycles. The number of aliphatic hydroxyl groups excluding tert-OH is 1. The fraction of sp³-hybridized carbons (Fsp3) is 0.464. The first kappa shape index (κ1) is 26.6. The molecule has 2 aliphatic rings. The van der Waals surface area contributed by atoms with Crippen LogP contribution in [0.5, 0.6) is 0 Å². The summed E-state index contributed by atoms with van der Waals surface area (Å²) in [6, 6.07) is 8.09. The van der Waals surface area contributed by atoms with Crippen molar-refractivity contribution in [3.63, 3.8) is 0 Å². The van der Waals surface area contributed by atoms with Crippen LogP contribution in [0.25, 0.3) is 11.3 Å². The van der Waals surface area contributed by atoms with Crippen LogP contribution in [-0.2, 0) is 4.74 Å². The second-order valence-corrected chi connectivity index (χ2v) is 10.9. The second-order valence-electron chi connectivity index (χ2n) is 10.9. The van der Waals surface area contributed by atoms with Crippen molar-refractivity contribution in [2.75, 3.05) is 54.4 Å². The average Bonchev–Trinajstić information content (AvgIpc) is 2.93.